The summed E-state index contributed by atoms with van der Waals surface area (Å²) in [4.78, 5) is 24.5. The molecule has 0 aromatic heterocycles. The van der Waals surface area contributed by atoms with Crippen LogP contribution in [0.15, 0.2) is 109 Å². The first-order chi connectivity index (χ1) is 18.1. The van der Waals surface area contributed by atoms with Crippen LogP contribution in [0.4, 0.5) is 11.4 Å². The molecule has 2 N–H and O–H groups in total. The van der Waals surface area contributed by atoms with Gasteiger partial charge in [0, 0.05) is 24.2 Å². The Morgan fingerprint density at radius 2 is 0.838 bits per heavy atom. The number of hydrogen-bond acceptors (Lipinski definition) is 2. The first-order valence-corrected chi connectivity index (χ1v) is 13.0. The molecule has 0 radical (unpaired) electrons. The molecule has 0 unspecified atom stereocenters. The minimum Gasteiger partial charge on any atom is -0.326 e. The second kappa shape index (κ2) is 13.8. The lowest BCUT2D eigenvalue weighted by Gasteiger charge is -2.09. The standard InChI is InChI=1S/C33H34N2O2/c36-32(15-7-13-26-9-3-1-4-10-26)34-30-21-17-28(18-22-30)25-29-19-23-31(24-20-29)35-33(37)16-8-14-27-11-5-2-6-12-27/h1-6,9-12,17-24H,7-8,13-16,25H2,(H,34,36)(H,35,37). The second-order valence-corrected chi connectivity index (χ2v) is 9.35. The number of carbonyl (C=O) groups excluding carboxylic acids is 2. The highest BCUT2D eigenvalue weighted by molar-refractivity contribution is 5.91. The zero-order valence-electron chi connectivity index (χ0n) is 21.2. The Morgan fingerprint density at radius 1 is 0.459 bits per heavy atom. The van der Waals surface area contributed by atoms with Crippen LogP contribution in [-0.2, 0) is 28.9 Å². The van der Waals surface area contributed by atoms with Crippen LogP contribution in [0.2, 0.25) is 0 Å². The maximum atomic E-state index is 12.3. The highest BCUT2D eigenvalue weighted by Gasteiger charge is 2.05. The first-order valence-electron chi connectivity index (χ1n) is 13.0. The van der Waals surface area contributed by atoms with Crippen LogP contribution in [0, 0.1) is 0 Å². The van der Waals surface area contributed by atoms with Crippen LogP contribution in [0.3, 0.4) is 0 Å². The van der Waals surface area contributed by atoms with Gasteiger partial charge in [-0.25, -0.2) is 0 Å². The normalized spacial score (nSPS) is 10.6. The van der Waals surface area contributed by atoms with Crippen molar-refractivity contribution < 1.29 is 9.59 Å². The average Bonchev–Trinajstić information content (AvgIpc) is 2.92. The molecule has 2 amide bonds. The van der Waals surface area contributed by atoms with Gasteiger partial charge in [0.05, 0.1) is 0 Å². The molecule has 0 fully saturated rings. The Hall–Kier alpha value is -4.18. The zero-order valence-corrected chi connectivity index (χ0v) is 21.2. The molecule has 0 saturated heterocycles. The Kier molecular flexibility index (Phi) is 9.65. The van der Waals surface area contributed by atoms with Gasteiger partial charge in [0.2, 0.25) is 11.8 Å². The molecule has 4 aromatic rings. The van der Waals surface area contributed by atoms with E-state index in [1.807, 2.05) is 84.9 Å². The molecule has 0 bridgehead atoms. The SMILES string of the molecule is O=C(CCCc1ccccc1)Nc1ccc(Cc2ccc(NC(=O)CCCc3ccccc3)cc2)cc1. The number of amides is 2. The zero-order chi connectivity index (χ0) is 25.7. The van der Waals surface area contributed by atoms with E-state index in [4.69, 9.17) is 0 Å². The fourth-order valence-corrected chi connectivity index (χ4v) is 4.29. The van der Waals surface area contributed by atoms with Crippen LogP contribution >= 0.6 is 0 Å². The number of rotatable bonds is 12. The van der Waals surface area contributed by atoms with Crippen LogP contribution in [0.5, 0.6) is 0 Å². The highest BCUT2D eigenvalue weighted by Crippen LogP contribution is 2.17. The Bertz CT molecular complexity index is 1150. The molecule has 37 heavy (non-hydrogen) atoms. The predicted molar refractivity (Wildman–Crippen MR) is 152 cm³/mol. The van der Waals surface area contributed by atoms with Gasteiger partial charge in [-0.15, -0.1) is 0 Å². The quantitative estimate of drug-likeness (QED) is 0.221. The molecule has 0 aliphatic rings. The van der Waals surface area contributed by atoms with Gasteiger partial charge < -0.3 is 10.6 Å². The maximum absolute atomic E-state index is 12.3. The molecule has 4 heteroatoms. The van der Waals surface area contributed by atoms with Crippen LogP contribution in [0.25, 0.3) is 0 Å². The summed E-state index contributed by atoms with van der Waals surface area (Å²) in [7, 11) is 0. The van der Waals surface area contributed by atoms with Crippen molar-refractivity contribution in [1.82, 2.24) is 0 Å². The predicted octanol–water partition coefficient (Wildman–Crippen LogP) is 7.20. The van der Waals surface area contributed by atoms with Crippen LogP contribution < -0.4 is 10.6 Å². The summed E-state index contributed by atoms with van der Waals surface area (Å²) in [6.07, 6.45) is 5.28. The molecule has 4 rings (SSSR count). The molecule has 4 nitrogen and oxygen atoms in total. The Balaban J connectivity index is 1.17. The molecule has 4 aromatic carbocycles. The topological polar surface area (TPSA) is 58.2 Å². The summed E-state index contributed by atoms with van der Waals surface area (Å²) < 4.78 is 0. The van der Waals surface area contributed by atoms with Crippen LogP contribution in [0.1, 0.15) is 47.9 Å². The monoisotopic (exact) mass is 490 g/mol. The van der Waals surface area contributed by atoms with E-state index in [1.54, 1.807) is 0 Å². The van der Waals surface area contributed by atoms with Gasteiger partial charge in [-0.1, -0.05) is 84.9 Å². The second-order valence-electron chi connectivity index (χ2n) is 9.35. The number of anilines is 2. The van der Waals surface area contributed by atoms with Gasteiger partial charge in [-0.2, -0.15) is 0 Å². The molecule has 0 aliphatic carbocycles. The van der Waals surface area contributed by atoms with Gasteiger partial charge >= 0.3 is 0 Å². The minimum atomic E-state index is 0.0429. The van der Waals surface area contributed by atoms with Gasteiger partial charge in [-0.3, -0.25) is 9.59 Å². The van der Waals surface area contributed by atoms with E-state index in [-0.39, 0.29) is 11.8 Å². The highest BCUT2D eigenvalue weighted by atomic mass is 16.2. The van der Waals surface area contributed by atoms with E-state index in [2.05, 4.69) is 34.9 Å². The van der Waals surface area contributed by atoms with Crippen molar-refractivity contribution >= 4 is 23.2 Å². The number of hydrogen-bond donors (Lipinski definition) is 2. The number of carbonyl (C=O) groups is 2. The van der Waals surface area contributed by atoms with Gasteiger partial charge in [0.15, 0.2) is 0 Å². The Labute approximate surface area is 219 Å². The lowest BCUT2D eigenvalue weighted by Crippen LogP contribution is -2.11. The maximum Gasteiger partial charge on any atom is 0.224 e. The van der Waals surface area contributed by atoms with E-state index in [0.29, 0.717) is 12.8 Å². The van der Waals surface area contributed by atoms with Crippen molar-refractivity contribution in [2.45, 2.75) is 44.9 Å². The first kappa shape index (κ1) is 25.9. The summed E-state index contributed by atoms with van der Waals surface area (Å²) in [6, 6.07) is 36.5. The molecule has 0 saturated carbocycles. The molecule has 0 atom stereocenters. The number of benzene rings is 4. The van der Waals surface area contributed by atoms with Gasteiger partial charge in [0.1, 0.15) is 0 Å². The fraction of sp³-hybridized carbons (Fsp3) is 0.212. The van der Waals surface area contributed by atoms with Crippen molar-refractivity contribution in [2.24, 2.45) is 0 Å². The van der Waals surface area contributed by atoms with Crippen molar-refractivity contribution in [3.8, 4) is 0 Å². The van der Waals surface area contributed by atoms with Crippen molar-refractivity contribution in [2.75, 3.05) is 10.6 Å². The largest absolute Gasteiger partial charge is 0.326 e. The molecule has 188 valence electrons. The van der Waals surface area contributed by atoms with E-state index in [9.17, 15) is 9.59 Å². The fourth-order valence-electron chi connectivity index (χ4n) is 4.29. The molecular formula is C33H34N2O2. The lowest BCUT2D eigenvalue weighted by molar-refractivity contribution is -0.117. The van der Waals surface area contributed by atoms with Crippen molar-refractivity contribution in [3.63, 3.8) is 0 Å². The average molecular weight is 491 g/mol. The molecule has 0 aliphatic heterocycles. The third-order valence-electron chi connectivity index (χ3n) is 6.31. The third kappa shape index (κ3) is 9.08. The third-order valence-corrected chi connectivity index (χ3v) is 6.31. The summed E-state index contributed by atoms with van der Waals surface area (Å²) >= 11 is 0. The molecule has 0 spiro atoms. The summed E-state index contributed by atoms with van der Waals surface area (Å²) in [6.45, 7) is 0. The van der Waals surface area contributed by atoms with E-state index in [1.165, 1.54) is 22.3 Å². The van der Waals surface area contributed by atoms with Crippen molar-refractivity contribution in [3.05, 3.63) is 131 Å². The summed E-state index contributed by atoms with van der Waals surface area (Å²) in [5, 5.41) is 5.98. The summed E-state index contributed by atoms with van der Waals surface area (Å²) in [5.74, 6) is 0.0859. The van der Waals surface area contributed by atoms with Gasteiger partial charge in [0.25, 0.3) is 0 Å². The number of aryl methyl sites for hydroxylation is 2. The Morgan fingerprint density at radius 3 is 1.22 bits per heavy atom. The number of nitrogens with one attached hydrogen (secondary N) is 2. The minimum absolute atomic E-state index is 0.0429. The molecule has 0 heterocycles. The summed E-state index contributed by atoms with van der Waals surface area (Å²) in [5.41, 5.74) is 6.49. The smallest absolute Gasteiger partial charge is 0.224 e. The van der Waals surface area contributed by atoms with Gasteiger partial charge in [-0.05, 0) is 78.6 Å². The van der Waals surface area contributed by atoms with E-state index < -0.39 is 0 Å². The lowest BCUT2D eigenvalue weighted by atomic mass is 10.0. The van der Waals surface area contributed by atoms with E-state index >= 15 is 0 Å². The van der Waals surface area contributed by atoms with Crippen LogP contribution in [-0.4, -0.2) is 11.8 Å². The molecular weight excluding hydrogens is 456 g/mol. The van der Waals surface area contributed by atoms with Crippen molar-refractivity contribution in [1.29, 1.82) is 0 Å². The van der Waals surface area contributed by atoms with E-state index in [0.717, 1.165) is 43.5 Å².